The van der Waals surface area contributed by atoms with Gasteiger partial charge in [-0.25, -0.2) is 15.0 Å². The second-order valence-corrected chi connectivity index (χ2v) is 9.08. The van der Waals surface area contributed by atoms with Crippen molar-refractivity contribution in [3.8, 4) is 11.8 Å². The van der Waals surface area contributed by atoms with Crippen LogP contribution in [0, 0.1) is 0 Å². The molecule has 0 bridgehead atoms. The van der Waals surface area contributed by atoms with Crippen LogP contribution in [0.1, 0.15) is 25.7 Å². The van der Waals surface area contributed by atoms with Crippen LogP contribution in [-0.4, -0.2) is 99.5 Å². The lowest BCUT2D eigenvalue weighted by Gasteiger charge is -2.30. The summed E-state index contributed by atoms with van der Waals surface area (Å²) < 4.78 is 18.9. The van der Waals surface area contributed by atoms with Gasteiger partial charge < -0.3 is 29.3 Å². The zero-order chi connectivity index (χ0) is 24.9. The monoisotopic (exact) mass is 497 g/mol. The van der Waals surface area contributed by atoms with Crippen LogP contribution in [0.5, 0.6) is 11.8 Å². The van der Waals surface area contributed by atoms with E-state index >= 15 is 0 Å². The highest BCUT2D eigenvalue weighted by atomic mass is 16.5. The summed E-state index contributed by atoms with van der Waals surface area (Å²) in [7, 11) is 3.37. The molecule has 1 saturated heterocycles. The van der Waals surface area contributed by atoms with Crippen molar-refractivity contribution in [3.63, 3.8) is 0 Å². The van der Waals surface area contributed by atoms with E-state index < -0.39 is 0 Å². The van der Waals surface area contributed by atoms with Gasteiger partial charge in [-0.05, 0) is 25.7 Å². The quantitative estimate of drug-likeness (QED) is 0.478. The van der Waals surface area contributed by atoms with Gasteiger partial charge in [-0.15, -0.1) is 0 Å². The van der Waals surface area contributed by atoms with Crippen molar-refractivity contribution in [2.45, 2.75) is 37.8 Å². The predicted octanol–water partition coefficient (Wildman–Crippen LogP) is 1.02. The lowest BCUT2D eigenvalue weighted by atomic mass is 9.93. The number of hydrogen-bond donors (Lipinski definition) is 1. The Morgan fingerprint density at radius 2 is 1.89 bits per heavy atom. The molecule has 2 aliphatic rings. The number of carbonyl (C=O) groups is 1. The number of morpholine rings is 1. The van der Waals surface area contributed by atoms with E-state index in [-0.39, 0.29) is 24.7 Å². The van der Waals surface area contributed by atoms with Crippen molar-refractivity contribution >= 4 is 23.3 Å². The number of ether oxygens (including phenoxy) is 3. The van der Waals surface area contributed by atoms with E-state index in [0.29, 0.717) is 36.6 Å². The van der Waals surface area contributed by atoms with Crippen LogP contribution < -0.4 is 19.7 Å². The molecule has 4 heterocycles. The van der Waals surface area contributed by atoms with Crippen molar-refractivity contribution in [1.82, 2.24) is 34.4 Å². The zero-order valence-corrected chi connectivity index (χ0v) is 20.5. The number of carbonyl (C=O) groups excluding carboxylic acids is 1. The standard InChI is InChI=1S/C23H31N9O4/c1-30(2)21(33)14-35-18-12-24-22(25-13-18)28-16-3-5-17(6-4-16)36-23-29-20(31-7-9-34-10-8-31)11-19-26-15-27-32(19)23/h11-13,15-17H,3-10,14H2,1-2H3,(H,24,25,28)/t16-,17+. The van der Waals surface area contributed by atoms with E-state index in [1.165, 1.54) is 11.2 Å². The SMILES string of the molecule is CN(C)C(=O)COc1cnc(N[C@H]2CC[C@@H](Oc3nc(N4CCOCC4)cc4ncnn34)CC2)nc1. The Kier molecular flexibility index (Phi) is 7.26. The van der Waals surface area contributed by atoms with Gasteiger partial charge >= 0.3 is 6.01 Å². The molecule has 0 unspecified atom stereocenters. The third kappa shape index (κ3) is 5.73. The summed E-state index contributed by atoms with van der Waals surface area (Å²) in [4.78, 5) is 33.0. The summed E-state index contributed by atoms with van der Waals surface area (Å²) >= 11 is 0. The minimum atomic E-state index is -0.122. The van der Waals surface area contributed by atoms with Crippen molar-refractivity contribution in [3.05, 3.63) is 24.8 Å². The van der Waals surface area contributed by atoms with Gasteiger partial charge in [0.25, 0.3) is 5.91 Å². The van der Waals surface area contributed by atoms with E-state index in [1.54, 1.807) is 31.0 Å². The number of rotatable bonds is 8. The largest absolute Gasteiger partial charge is 0.481 e. The zero-order valence-electron chi connectivity index (χ0n) is 20.5. The minimum absolute atomic E-state index is 0.0359. The Morgan fingerprint density at radius 1 is 1.14 bits per heavy atom. The number of fused-ring (bicyclic) bond motifs is 1. The van der Waals surface area contributed by atoms with Gasteiger partial charge in [-0.3, -0.25) is 4.79 Å². The molecule has 3 aromatic heterocycles. The topological polar surface area (TPSA) is 132 Å². The second-order valence-electron chi connectivity index (χ2n) is 9.08. The lowest BCUT2D eigenvalue weighted by molar-refractivity contribution is -0.130. The van der Waals surface area contributed by atoms with Gasteiger partial charge in [0.05, 0.1) is 25.6 Å². The second kappa shape index (κ2) is 10.9. The number of hydrogen-bond acceptors (Lipinski definition) is 11. The molecule has 0 atom stereocenters. The van der Waals surface area contributed by atoms with Crippen LogP contribution >= 0.6 is 0 Å². The number of nitrogens with zero attached hydrogens (tertiary/aromatic N) is 8. The summed E-state index contributed by atoms with van der Waals surface area (Å²) in [6.07, 6.45) is 8.25. The molecule has 1 aliphatic carbocycles. The summed E-state index contributed by atoms with van der Waals surface area (Å²) in [5.74, 6) is 1.71. The van der Waals surface area contributed by atoms with Crippen LogP contribution in [0.3, 0.4) is 0 Å². The molecule has 1 aliphatic heterocycles. The fraction of sp³-hybridized carbons (Fsp3) is 0.565. The Bertz CT molecular complexity index is 1160. The number of likely N-dealkylation sites (N-methyl/N-ethyl adjacent to an activating group) is 1. The fourth-order valence-electron chi connectivity index (χ4n) is 4.22. The molecule has 3 aromatic rings. The van der Waals surface area contributed by atoms with E-state index in [2.05, 4.69) is 30.3 Å². The highest BCUT2D eigenvalue weighted by Crippen LogP contribution is 2.27. The molecule has 2 fully saturated rings. The first-order chi connectivity index (χ1) is 17.5. The number of aromatic nitrogens is 6. The first-order valence-corrected chi connectivity index (χ1v) is 12.2. The molecule has 13 nitrogen and oxygen atoms in total. The third-order valence-corrected chi connectivity index (χ3v) is 6.33. The molecule has 0 spiro atoms. The lowest BCUT2D eigenvalue weighted by Crippen LogP contribution is -2.37. The first kappa shape index (κ1) is 24.0. The van der Waals surface area contributed by atoms with Crippen LogP contribution in [0.4, 0.5) is 11.8 Å². The summed E-state index contributed by atoms with van der Waals surface area (Å²) in [6.45, 7) is 2.90. The third-order valence-electron chi connectivity index (χ3n) is 6.33. The normalized spacial score (nSPS) is 20.2. The smallest absolute Gasteiger partial charge is 0.321 e. The van der Waals surface area contributed by atoms with Crippen molar-refractivity contribution in [2.75, 3.05) is 57.2 Å². The molecule has 13 heteroatoms. The van der Waals surface area contributed by atoms with Gasteiger partial charge in [-0.1, -0.05) is 0 Å². The molecule has 192 valence electrons. The highest BCUT2D eigenvalue weighted by Gasteiger charge is 2.25. The molecule has 1 saturated carbocycles. The number of nitrogens with one attached hydrogen (secondary N) is 1. The summed E-state index contributed by atoms with van der Waals surface area (Å²) in [5.41, 5.74) is 0.715. The van der Waals surface area contributed by atoms with E-state index in [4.69, 9.17) is 19.2 Å². The highest BCUT2D eigenvalue weighted by molar-refractivity contribution is 5.77. The number of anilines is 2. The van der Waals surface area contributed by atoms with E-state index in [9.17, 15) is 4.79 Å². The molecule has 36 heavy (non-hydrogen) atoms. The van der Waals surface area contributed by atoms with Crippen LogP contribution in [0.15, 0.2) is 24.8 Å². The Hall–Kier alpha value is -3.74. The van der Waals surface area contributed by atoms with Crippen molar-refractivity contribution in [1.29, 1.82) is 0 Å². The van der Waals surface area contributed by atoms with Gasteiger partial charge in [0.15, 0.2) is 18.0 Å². The molecule has 1 N–H and O–H groups in total. The number of amides is 1. The van der Waals surface area contributed by atoms with E-state index in [1.807, 2.05) is 6.07 Å². The van der Waals surface area contributed by atoms with E-state index in [0.717, 1.165) is 44.6 Å². The maximum atomic E-state index is 11.6. The van der Waals surface area contributed by atoms with Crippen molar-refractivity contribution < 1.29 is 19.0 Å². The van der Waals surface area contributed by atoms with Gasteiger partial charge in [0.2, 0.25) is 5.95 Å². The summed E-state index contributed by atoms with van der Waals surface area (Å²) in [5, 5.41) is 7.68. The maximum absolute atomic E-state index is 11.6. The van der Waals surface area contributed by atoms with Crippen LogP contribution in [-0.2, 0) is 9.53 Å². The first-order valence-electron chi connectivity index (χ1n) is 12.2. The van der Waals surface area contributed by atoms with Gasteiger partial charge in [0.1, 0.15) is 18.2 Å². The average molecular weight is 498 g/mol. The van der Waals surface area contributed by atoms with Gasteiger partial charge in [-0.2, -0.15) is 14.6 Å². The van der Waals surface area contributed by atoms with Gasteiger partial charge in [0, 0.05) is 39.3 Å². The molecular formula is C23H31N9O4. The minimum Gasteiger partial charge on any atom is -0.481 e. The Balaban J connectivity index is 1.14. The molecular weight excluding hydrogens is 466 g/mol. The van der Waals surface area contributed by atoms with Crippen molar-refractivity contribution in [2.24, 2.45) is 0 Å². The van der Waals surface area contributed by atoms with Crippen LogP contribution in [0.25, 0.3) is 5.65 Å². The molecule has 5 rings (SSSR count). The molecule has 1 amide bonds. The maximum Gasteiger partial charge on any atom is 0.321 e. The molecule has 0 aromatic carbocycles. The van der Waals surface area contributed by atoms with Crippen LogP contribution in [0.2, 0.25) is 0 Å². The average Bonchev–Trinajstić information content (AvgIpc) is 3.39. The fourth-order valence-corrected chi connectivity index (χ4v) is 4.22. The predicted molar refractivity (Wildman–Crippen MR) is 130 cm³/mol. The molecule has 0 radical (unpaired) electrons. The Morgan fingerprint density at radius 3 is 2.61 bits per heavy atom. The summed E-state index contributed by atoms with van der Waals surface area (Å²) in [6, 6.07) is 2.64. The Labute approximate surface area is 208 Å².